The number of benzene rings is 2. The zero-order valence-electron chi connectivity index (χ0n) is 14.3. The number of carbonyl (C=O) groups is 1. The fourth-order valence-corrected chi connectivity index (χ4v) is 2.60. The third-order valence-corrected chi connectivity index (χ3v) is 3.85. The molecule has 0 saturated heterocycles. The van der Waals surface area contributed by atoms with Crippen molar-refractivity contribution >= 4 is 23.2 Å². The van der Waals surface area contributed by atoms with E-state index in [1.807, 2.05) is 39.8 Å². The maximum atomic E-state index is 11.9. The summed E-state index contributed by atoms with van der Waals surface area (Å²) < 4.78 is 5.49. The lowest BCUT2D eigenvalue weighted by Crippen LogP contribution is -2.25. The molecule has 0 aliphatic heterocycles. The Kier molecular flexibility index (Phi) is 5.99. The van der Waals surface area contributed by atoms with Crippen molar-refractivity contribution in [2.24, 2.45) is 5.10 Å². The van der Waals surface area contributed by atoms with E-state index >= 15 is 0 Å². The Balaban J connectivity index is 1.94. The van der Waals surface area contributed by atoms with Crippen molar-refractivity contribution in [1.82, 2.24) is 5.43 Å². The number of ether oxygens (including phenoxy) is 1. The van der Waals surface area contributed by atoms with Gasteiger partial charge in [-0.2, -0.15) is 5.10 Å². The van der Waals surface area contributed by atoms with Crippen molar-refractivity contribution in [2.45, 2.75) is 27.7 Å². The molecule has 1 amide bonds. The summed E-state index contributed by atoms with van der Waals surface area (Å²) in [5.41, 5.74) is 7.48. The molecule has 0 radical (unpaired) electrons. The van der Waals surface area contributed by atoms with Gasteiger partial charge in [-0.15, -0.1) is 0 Å². The standard InChI is InChI=1S/C19H21ClN2O2/c1-12-5-7-17(13(2)9-12)15(4)21-22-19(23)11-24-18-8-6-16(20)10-14(18)3/h5-10H,11H2,1-4H3,(H,22,23)/b21-15+. The molecule has 5 heteroatoms. The van der Waals surface area contributed by atoms with Crippen LogP contribution in [0, 0.1) is 20.8 Å². The minimum absolute atomic E-state index is 0.105. The average molecular weight is 345 g/mol. The minimum Gasteiger partial charge on any atom is -0.483 e. The van der Waals surface area contributed by atoms with Crippen molar-refractivity contribution in [2.75, 3.05) is 6.61 Å². The largest absolute Gasteiger partial charge is 0.483 e. The summed E-state index contributed by atoms with van der Waals surface area (Å²) >= 11 is 5.89. The topological polar surface area (TPSA) is 50.7 Å². The van der Waals surface area contributed by atoms with Gasteiger partial charge in [-0.05, 0) is 57.0 Å². The van der Waals surface area contributed by atoms with E-state index in [1.165, 1.54) is 5.56 Å². The van der Waals surface area contributed by atoms with Crippen LogP contribution in [0.4, 0.5) is 0 Å². The van der Waals surface area contributed by atoms with Crippen LogP contribution in [0.5, 0.6) is 5.75 Å². The van der Waals surface area contributed by atoms with Crippen LogP contribution in [0.25, 0.3) is 0 Å². The Morgan fingerprint density at radius 2 is 1.88 bits per heavy atom. The molecule has 0 bridgehead atoms. The molecule has 24 heavy (non-hydrogen) atoms. The molecule has 2 rings (SSSR count). The van der Waals surface area contributed by atoms with Crippen LogP contribution >= 0.6 is 11.6 Å². The second-order valence-corrected chi connectivity index (χ2v) is 6.19. The van der Waals surface area contributed by atoms with Gasteiger partial charge in [0.1, 0.15) is 5.75 Å². The lowest BCUT2D eigenvalue weighted by molar-refractivity contribution is -0.123. The van der Waals surface area contributed by atoms with Gasteiger partial charge in [-0.25, -0.2) is 5.43 Å². The fourth-order valence-electron chi connectivity index (χ4n) is 2.38. The Morgan fingerprint density at radius 1 is 1.12 bits per heavy atom. The Labute approximate surface area is 147 Å². The molecule has 0 spiro atoms. The van der Waals surface area contributed by atoms with Crippen molar-refractivity contribution in [3.63, 3.8) is 0 Å². The summed E-state index contributed by atoms with van der Waals surface area (Å²) in [5, 5.41) is 4.79. The molecule has 1 N–H and O–H groups in total. The van der Waals surface area contributed by atoms with Gasteiger partial charge in [0.2, 0.25) is 0 Å². The highest BCUT2D eigenvalue weighted by Crippen LogP contribution is 2.21. The van der Waals surface area contributed by atoms with E-state index < -0.39 is 0 Å². The number of nitrogens with one attached hydrogen (secondary N) is 1. The van der Waals surface area contributed by atoms with E-state index in [1.54, 1.807) is 18.2 Å². The van der Waals surface area contributed by atoms with Crippen molar-refractivity contribution in [3.05, 3.63) is 63.7 Å². The summed E-state index contributed by atoms with van der Waals surface area (Å²) in [4.78, 5) is 11.9. The van der Waals surface area contributed by atoms with Crippen LogP contribution in [0.2, 0.25) is 5.02 Å². The predicted molar refractivity (Wildman–Crippen MR) is 98.0 cm³/mol. The molecule has 0 atom stereocenters. The fraction of sp³-hybridized carbons (Fsp3) is 0.263. The van der Waals surface area contributed by atoms with Crippen LogP contribution in [0.1, 0.15) is 29.2 Å². The lowest BCUT2D eigenvalue weighted by atomic mass is 10.0. The van der Waals surface area contributed by atoms with Gasteiger partial charge < -0.3 is 4.74 Å². The van der Waals surface area contributed by atoms with Crippen molar-refractivity contribution < 1.29 is 9.53 Å². The van der Waals surface area contributed by atoms with Gasteiger partial charge in [0.15, 0.2) is 6.61 Å². The van der Waals surface area contributed by atoms with Gasteiger partial charge >= 0.3 is 0 Å². The van der Waals surface area contributed by atoms with E-state index in [9.17, 15) is 4.79 Å². The molecule has 2 aromatic carbocycles. The molecule has 2 aromatic rings. The quantitative estimate of drug-likeness (QED) is 0.653. The van der Waals surface area contributed by atoms with E-state index in [2.05, 4.69) is 16.6 Å². The maximum absolute atomic E-state index is 11.9. The molecule has 0 aromatic heterocycles. The number of carbonyl (C=O) groups excluding carboxylic acids is 1. The number of halogens is 1. The third-order valence-electron chi connectivity index (χ3n) is 3.62. The monoisotopic (exact) mass is 344 g/mol. The minimum atomic E-state index is -0.312. The average Bonchev–Trinajstić information content (AvgIpc) is 2.51. The lowest BCUT2D eigenvalue weighted by Gasteiger charge is -2.09. The number of hydrazone groups is 1. The first-order chi connectivity index (χ1) is 11.4. The first-order valence-corrected chi connectivity index (χ1v) is 8.04. The van der Waals surface area contributed by atoms with Gasteiger partial charge in [0.25, 0.3) is 5.91 Å². The van der Waals surface area contributed by atoms with E-state index in [0.717, 1.165) is 22.4 Å². The molecule has 0 aliphatic rings. The molecule has 0 heterocycles. The molecular formula is C19H21ClN2O2. The van der Waals surface area contributed by atoms with Crippen LogP contribution in [-0.2, 0) is 4.79 Å². The molecule has 0 fully saturated rings. The molecule has 126 valence electrons. The second-order valence-electron chi connectivity index (χ2n) is 5.75. The van der Waals surface area contributed by atoms with Crippen molar-refractivity contribution in [3.8, 4) is 5.75 Å². The summed E-state index contributed by atoms with van der Waals surface area (Å²) in [7, 11) is 0. The molecule has 0 saturated carbocycles. The molecular weight excluding hydrogens is 324 g/mol. The van der Waals surface area contributed by atoms with Gasteiger partial charge in [-0.1, -0.05) is 35.4 Å². The van der Waals surface area contributed by atoms with Crippen LogP contribution in [0.3, 0.4) is 0 Å². The van der Waals surface area contributed by atoms with Gasteiger partial charge in [0.05, 0.1) is 5.71 Å². The van der Waals surface area contributed by atoms with Gasteiger partial charge in [-0.3, -0.25) is 4.79 Å². The maximum Gasteiger partial charge on any atom is 0.277 e. The second kappa shape index (κ2) is 7.97. The highest BCUT2D eigenvalue weighted by Gasteiger charge is 2.06. The number of aryl methyl sites for hydroxylation is 3. The number of rotatable bonds is 5. The van der Waals surface area contributed by atoms with E-state index in [0.29, 0.717) is 10.8 Å². The van der Waals surface area contributed by atoms with E-state index in [-0.39, 0.29) is 12.5 Å². The normalized spacial score (nSPS) is 11.3. The predicted octanol–water partition coefficient (Wildman–Crippen LogP) is 4.18. The van der Waals surface area contributed by atoms with Crippen LogP contribution in [0.15, 0.2) is 41.5 Å². The number of nitrogens with zero attached hydrogens (tertiary/aromatic N) is 1. The Bertz CT molecular complexity index is 785. The van der Waals surface area contributed by atoms with Gasteiger partial charge in [0, 0.05) is 10.6 Å². The highest BCUT2D eigenvalue weighted by molar-refractivity contribution is 6.30. The SMILES string of the molecule is C/C(=N\NC(=O)COc1ccc(Cl)cc1C)c1ccc(C)cc1C. The summed E-state index contributed by atoms with van der Waals surface area (Å²) in [6.07, 6.45) is 0. The zero-order chi connectivity index (χ0) is 17.7. The van der Waals surface area contributed by atoms with E-state index in [4.69, 9.17) is 16.3 Å². The van der Waals surface area contributed by atoms with Crippen LogP contribution < -0.4 is 10.2 Å². The smallest absolute Gasteiger partial charge is 0.277 e. The molecule has 0 unspecified atom stereocenters. The number of hydrogen-bond donors (Lipinski definition) is 1. The summed E-state index contributed by atoms with van der Waals surface area (Å²) in [6, 6.07) is 11.4. The van der Waals surface area contributed by atoms with Crippen molar-refractivity contribution in [1.29, 1.82) is 0 Å². The zero-order valence-corrected chi connectivity index (χ0v) is 15.1. The first-order valence-electron chi connectivity index (χ1n) is 7.66. The molecule has 0 aliphatic carbocycles. The number of hydrogen-bond acceptors (Lipinski definition) is 3. The highest BCUT2D eigenvalue weighted by atomic mass is 35.5. The number of amides is 1. The summed E-state index contributed by atoms with van der Waals surface area (Å²) in [5.74, 6) is 0.318. The Hall–Kier alpha value is -2.33. The Morgan fingerprint density at radius 3 is 2.54 bits per heavy atom. The van der Waals surface area contributed by atoms with Crippen LogP contribution in [-0.4, -0.2) is 18.2 Å². The first kappa shape index (κ1) is 18.0. The third kappa shape index (κ3) is 4.83. The summed E-state index contributed by atoms with van der Waals surface area (Å²) in [6.45, 7) is 7.70. The molecule has 4 nitrogen and oxygen atoms in total.